The quantitative estimate of drug-likeness (QED) is 0.464. The molecule has 3 aromatic rings. The zero-order chi connectivity index (χ0) is 21.3. The average Bonchev–Trinajstić information content (AvgIpc) is 3.12. The number of hydrogen-bond acceptors (Lipinski definition) is 5. The van der Waals surface area contributed by atoms with Crippen LogP contribution >= 0.6 is 0 Å². The molecule has 0 unspecified atom stereocenters. The number of carbonyl (C=O) groups excluding carboxylic acids is 2. The maximum absolute atomic E-state index is 13.6. The summed E-state index contributed by atoms with van der Waals surface area (Å²) in [5, 5.41) is 0. The van der Waals surface area contributed by atoms with Gasteiger partial charge in [-0.15, -0.1) is 0 Å². The number of anilines is 1. The van der Waals surface area contributed by atoms with Crippen LogP contribution in [0.2, 0.25) is 0 Å². The van der Waals surface area contributed by atoms with Crippen LogP contribution in [0.5, 0.6) is 0 Å². The summed E-state index contributed by atoms with van der Waals surface area (Å²) in [5.41, 5.74) is 3.60. The molecule has 0 fully saturated rings. The molecule has 2 aromatic carbocycles. The number of para-hydroxylation sites is 2. The number of fused-ring (bicyclic) bond motifs is 3. The lowest BCUT2D eigenvalue weighted by atomic mass is 9.89. The van der Waals surface area contributed by atoms with E-state index in [4.69, 9.17) is 14.5 Å². The van der Waals surface area contributed by atoms with Crippen molar-refractivity contribution in [3.05, 3.63) is 59.7 Å². The number of methoxy groups -OCH3 is 1. The fourth-order valence-corrected chi connectivity index (χ4v) is 4.01. The molecule has 30 heavy (non-hydrogen) atoms. The van der Waals surface area contributed by atoms with E-state index < -0.39 is 17.9 Å². The molecule has 7 heteroatoms. The van der Waals surface area contributed by atoms with E-state index in [0.717, 1.165) is 22.2 Å². The molecule has 1 aliphatic rings. The number of aryl methyl sites for hydroxylation is 1. The van der Waals surface area contributed by atoms with Crippen molar-refractivity contribution in [2.75, 3.05) is 31.8 Å². The maximum Gasteiger partial charge on any atom is 0.321 e. The van der Waals surface area contributed by atoms with Crippen molar-refractivity contribution < 1.29 is 19.1 Å². The lowest BCUT2D eigenvalue weighted by Gasteiger charge is -2.37. The highest BCUT2D eigenvalue weighted by atomic mass is 16.5. The molecule has 0 saturated heterocycles. The van der Waals surface area contributed by atoms with E-state index in [1.807, 2.05) is 60.0 Å². The first kappa shape index (κ1) is 20.1. The van der Waals surface area contributed by atoms with Crippen LogP contribution in [0.15, 0.2) is 48.5 Å². The third-order valence-electron chi connectivity index (χ3n) is 5.42. The molecule has 0 radical (unpaired) electrons. The van der Waals surface area contributed by atoms with Crippen molar-refractivity contribution in [2.45, 2.75) is 19.9 Å². The number of hydrogen-bond donors (Lipinski definition) is 0. The van der Waals surface area contributed by atoms with Gasteiger partial charge in [0.1, 0.15) is 0 Å². The highest BCUT2D eigenvalue weighted by Crippen LogP contribution is 2.41. The van der Waals surface area contributed by atoms with Crippen LogP contribution in [0.25, 0.3) is 11.0 Å². The Morgan fingerprint density at radius 2 is 1.87 bits per heavy atom. The molecule has 2 atom stereocenters. The minimum absolute atomic E-state index is 0.207. The molecule has 0 bridgehead atoms. The molecule has 0 N–H and O–H groups in total. The van der Waals surface area contributed by atoms with Gasteiger partial charge in [-0.3, -0.25) is 14.5 Å². The summed E-state index contributed by atoms with van der Waals surface area (Å²) in [6.07, 6.45) is 0. The fraction of sp³-hybridized carbons (Fsp3) is 0.348. The van der Waals surface area contributed by atoms with E-state index in [2.05, 4.69) is 0 Å². The Bertz CT molecular complexity index is 1070. The Hall–Kier alpha value is -3.19. The fourth-order valence-electron chi connectivity index (χ4n) is 4.01. The van der Waals surface area contributed by atoms with Crippen LogP contribution in [-0.2, 0) is 19.1 Å². The van der Waals surface area contributed by atoms with Gasteiger partial charge >= 0.3 is 5.97 Å². The Balaban J connectivity index is 1.97. The van der Waals surface area contributed by atoms with Gasteiger partial charge in [0.2, 0.25) is 11.9 Å². The minimum atomic E-state index is -1.00. The predicted molar refractivity (Wildman–Crippen MR) is 113 cm³/mol. The summed E-state index contributed by atoms with van der Waals surface area (Å²) in [6.45, 7) is 4.59. The van der Waals surface area contributed by atoms with Crippen molar-refractivity contribution >= 4 is 28.9 Å². The van der Waals surface area contributed by atoms with Crippen LogP contribution in [0, 0.1) is 12.8 Å². The number of imidazole rings is 1. The molecule has 7 nitrogen and oxygen atoms in total. The third kappa shape index (κ3) is 3.35. The van der Waals surface area contributed by atoms with Crippen LogP contribution in [0.3, 0.4) is 0 Å². The Labute approximate surface area is 175 Å². The molecule has 1 amide bonds. The van der Waals surface area contributed by atoms with Gasteiger partial charge in [-0.25, -0.2) is 4.98 Å². The Morgan fingerprint density at radius 3 is 2.57 bits per heavy atom. The normalized spacial score (nSPS) is 18.5. The van der Waals surface area contributed by atoms with E-state index in [-0.39, 0.29) is 12.5 Å². The van der Waals surface area contributed by atoms with Crippen molar-refractivity contribution in [1.82, 2.24) is 9.55 Å². The predicted octanol–water partition coefficient (Wildman–Crippen LogP) is 3.11. The number of ether oxygens (including phenoxy) is 2. The number of amides is 1. The van der Waals surface area contributed by atoms with Crippen LogP contribution in [0.1, 0.15) is 24.1 Å². The lowest BCUT2D eigenvalue weighted by Crippen LogP contribution is -2.51. The molecule has 1 aromatic heterocycles. The lowest BCUT2D eigenvalue weighted by molar-refractivity contribution is -0.153. The summed E-state index contributed by atoms with van der Waals surface area (Å²) in [6, 6.07) is 15.1. The molecule has 1 aliphatic heterocycles. The van der Waals surface area contributed by atoms with Gasteiger partial charge < -0.3 is 14.0 Å². The van der Waals surface area contributed by atoms with Crippen molar-refractivity contribution in [2.24, 2.45) is 5.92 Å². The molecular weight excluding hydrogens is 382 g/mol. The molecule has 4 rings (SSSR count). The van der Waals surface area contributed by atoms with Gasteiger partial charge in [-0.2, -0.15) is 0 Å². The number of benzene rings is 2. The first-order valence-corrected chi connectivity index (χ1v) is 10.1. The molecule has 0 aliphatic carbocycles. The standard InChI is InChI=1S/C23H25N3O4/c1-4-30-22(28)19-20(16-11-9-15(2)10-12-16)26-18-8-6-5-7-17(18)24-23(26)25(21(19)27)13-14-29-3/h5-12,19-20H,4,13-14H2,1-3H3/t19-,20+/m1/s1. The summed E-state index contributed by atoms with van der Waals surface area (Å²) in [4.78, 5) is 32.8. The highest BCUT2D eigenvalue weighted by Gasteiger charge is 2.47. The Morgan fingerprint density at radius 1 is 1.13 bits per heavy atom. The van der Waals surface area contributed by atoms with E-state index in [1.165, 1.54) is 4.90 Å². The van der Waals surface area contributed by atoms with Gasteiger partial charge in [-0.05, 0) is 31.5 Å². The number of aromatic nitrogens is 2. The van der Waals surface area contributed by atoms with Crippen LogP contribution < -0.4 is 4.90 Å². The average molecular weight is 407 g/mol. The van der Waals surface area contributed by atoms with E-state index >= 15 is 0 Å². The molecular formula is C23H25N3O4. The van der Waals surface area contributed by atoms with Gasteiger partial charge in [0.15, 0.2) is 5.92 Å². The summed E-state index contributed by atoms with van der Waals surface area (Å²) < 4.78 is 12.5. The monoisotopic (exact) mass is 407 g/mol. The zero-order valence-corrected chi connectivity index (χ0v) is 17.4. The second-order valence-corrected chi connectivity index (χ2v) is 7.34. The first-order valence-electron chi connectivity index (χ1n) is 10.1. The van der Waals surface area contributed by atoms with Crippen LogP contribution in [0.4, 0.5) is 5.95 Å². The zero-order valence-electron chi connectivity index (χ0n) is 17.4. The number of rotatable bonds is 6. The molecule has 0 saturated carbocycles. The van der Waals surface area contributed by atoms with Crippen molar-refractivity contribution in [3.63, 3.8) is 0 Å². The summed E-state index contributed by atoms with van der Waals surface area (Å²) in [7, 11) is 1.58. The first-order chi connectivity index (χ1) is 14.6. The molecule has 2 heterocycles. The van der Waals surface area contributed by atoms with Crippen molar-refractivity contribution in [1.29, 1.82) is 0 Å². The summed E-state index contributed by atoms with van der Waals surface area (Å²) >= 11 is 0. The third-order valence-corrected chi connectivity index (χ3v) is 5.42. The van der Waals surface area contributed by atoms with E-state index in [1.54, 1.807) is 14.0 Å². The van der Waals surface area contributed by atoms with Gasteiger partial charge in [0.05, 0.1) is 36.8 Å². The summed E-state index contributed by atoms with van der Waals surface area (Å²) in [5.74, 6) is -1.34. The SMILES string of the molecule is CCOC(=O)[C@H]1C(=O)N(CCOC)c2nc3ccccc3n2[C@H]1c1ccc(C)cc1. The number of nitrogens with zero attached hydrogens (tertiary/aromatic N) is 3. The number of esters is 1. The molecule has 0 spiro atoms. The Kier molecular flexibility index (Phi) is 5.55. The van der Waals surface area contributed by atoms with Crippen LogP contribution in [-0.4, -0.2) is 48.3 Å². The minimum Gasteiger partial charge on any atom is -0.465 e. The molecule has 156 valence electrons. The largest absolute Gasteiger partial charge is 0.465 e. The van der Waals surface area contributed by atoms with E-state index in [9.17, 15) is 9.59 Å². The smallest absolute Gasteiger partial charge is 0.321 e. The highest BCUT2D eigenvalue weighted by molar-refractivity contribution is 6.08. The van der Waals surface area contributed by atoms with Crippen molar-refractivity contribution in [3.8, 4) is 0 Å². The topological polar surface area (TPSA) is 73.7 Å². The second-order valence-electron chi connectivity index (χ2n) is 7.34. The van der Waals surface area contributed by atoms with Gasteiger partial charge in [-0.1, -0.05) is 42.0 Å². The van der Waals surface area contributed by atoms with E-state index in [0.29, 0.717) is 19.1 Å². The van der Waals surface area contributed by atoms with Gasteiger partial charge in [0, 0.05) is 7.11 Å². The maximum atomic E-state index is 13.6. The second kappa shape index (κ2) is 8.28. The number of carbonyl (C=O) groups is 2. The van der Waals surface area contributed by atoms with Gasteiger partial charge in [0.25, 0.3) is 0 Å².